The van der Waals surface area contributed by atoms with Gasteiger partial charge in [-0.3, -0.25) is 4.79 Å². The molecule has 0 bridgehead atoms. The van der Waals surface area contributed by atoms with Gasteiger partial charge in [0.15, 0.2) is 0 Å². The lowest BCUT2D eigenvalue weighted by molar-refractivity contribution is -0.120. The Bertz CT molecular complexity index is 271. The second-order valence-corrected chi connectivity index (χ2v) is 5.81. The minimum absolute atomic E-state index is 0.134. The zero-order valence-electron chi connectivity index (χ0n) is 9.68. The smallest absolute Gasteiger partial charge is 0.217 e. The van der Waals surface area contributed by atoms with Gasteiger partial charge in [-0.05, 0) is 30.1 Å². The quantitative estimate of drug-likeness (QED) is 0.683. The molecule has 2 saturated carbocycles. The number of carbonyl (C=O) groups is 1. The molecule has 1 amide bonds. The molecule has 2 rings (SSSR count). The Kier molecular flexibility index (Phi) is 1.96. The van der Waals surface area contributed by atoms with Gasteiger partial charge in [-0.2, -0.15) is 0 Å². The van der Waals surface area contributed by atoms with Crippen LogP contribution in [0.5, 0.6) is 0 Å². The molecule has 2 aliphatic rings. The molecule has 0 radical (unpaired) electrons. The van der Waals surface area contributed by atoms with E-state index in [2.05, 4.69) is 26.1 Å². The molecule has 80 valence electrons. The van der Waals surface area contributed by atoms with Gasteiger partial charge in [0.05, 0.1) is 0 Å². The van der Waals surface area contributed by atoms with Crippen LogP contribution in [0.3, 0.4) is 0 Å². The van der Waals surface area contributed by atoms with Gasteiger partial charge in [-0.1, -0.05) is 27.2 Å². The summed E-state index contributed by atoms with van der Waals surface area (Å²) >= 11 is 0. The fourth-order valence-electron chi connectivity index (χ4n) is 3.69. The molecule has 0 saturated heterocycles. The number of carbonyl (C=O) groups excluding carboxylic acids is 1. The van der Waals surface area contributed by atoms with Crippen LogP contribution in [0, 0.1) is 17.3 Å². The van der Waals surface area contributed by atoms with Crippen molar-refractivity contribution in [3.05, 3.63) is 0 Å². The van der Waals surface area contributed by atoms with Crippen LogP contribution in [0.4, 0.5) is 0 Å². The topological polar surface area (TPSA) is 29.1 Å². The molecule has 1 N–H and O–H groups in total. The molecular weight excluding hydrogens is 174 g/mol. The van der Waals surface area contributed by atoms with Gasteiger partial charge < -0.3 is 5.32 Å². The zero-order valence-corrected chi connectivity index (χ0v) is 9.68. The highest BCUT2D eigenvalue weighted by atomic mass is 16.1. The van der Waals surface area contributed by atoms with E-state index < -0.39 is 0 Å². The highest BCUT2D eigenvalue weighted by Crippen LogP contribution is 2.68. The molecule has 2 fully saturated rings. The molecule has 0 aromatic carbocycles. The summed E-state index contributed by atoms with van der Waals surface area (Å²) in [6.07, 6.45) is 3.79. The summed E-state index contributed by atoms with van der Waals surface area (Å²) in [4.78, 5) is 11.2. The van der Waals surface area contributed by atoms with Crippen LogP contribution >= 0.6 is 0 Å². The molecule has 0 heterocycles. The first-order valence-corrected chi connectivity index (χ1v) is 5.69. The molecule has 2 nitrogen and oxygen atoms in total. The number of amides is 1. The van der Waals surface area contributed by atoms with Crippen molar-refractivity contribution < 1.29 is 4.79 Å². The maximum Gasteiger partial charge on any atom is 0.217 e. The lowest BCUT2D eigenvalue weighted by Gasteiger charge is -2.28. The van der Waals surface area contributed by atoms with E-state index in [1.165, 1.54) is 19.3 Å². The third-order valence-electron chi connectivity index (χ3n) is 4.55. The number of hydrogen-bond donors (Lipinski definition) is 1. The van der Waals surface area contributed by atoms with Gasteiger partial charge >= 0.3 is 0 Å². The zero-order chi connectivity index (χ0) is 10.6. The SMILES string of the molecule is CC(=O)NC12CC(C)CCC1C2(C)C. The summed E-state index contributed by atoms with van der Waals surface area (Å²) < 4.78 is 0. The highest BCUT2D eigenvalue weighted by Gasteiger charge is 2.72. The Morgan fingerprint density at radius 2 is 2.00 bits per heavy atom. The van der Waals surface area contributed by atoms with Crippen molar-refractivity contribution in [1.29, 1.82) is 0 Å². The van der Waals surface area contributed by atoms with Gasteiger partial charge in [0, 0.05) is 12.5 Å². The second kappa shape index (κ2) is 2.74. The first-order valence-electron chi connectivity index (χ1n) is 5.69. The standard InChI is InChI=1S/C12H21NO/c1-8-5-6-10-11(3,4)12(10,7-8)13-9(2)14/h8,10H,5-7H2,1-4H3,(H,13,14). The van der Waals surface area contributed by atoms with Crippen LogP contribution < -0.4 is 5.32 Å². The number of fused-ring (bicyclic) bond motifs is 1. The average molecular weight is 195 g/mol. The third-order valence-corrected chi connectivity index (χ3v) is 4.55. The molecule has 0 aromatic rings. The Balaban J connectivity index is 2.19. The molecule has 3 unspecified atom stereocenters. The summed E-state index contributed by atoms with van der Waals surface area (Å²) in [6, 6.07) is 0. The summed E-state index contributed by atoms with van der Waals surface area (Å²) in [5, 5.41) is 3.21. The van der Waals surface area contributed by atoms with E-state index in [1.54, 1.807) is 6.92 Å². The highest BCUT2D eigenvalue weighted by molar-refractivity contribution is 5.75. The molecule has 3 atom stereocenters. The van der Waals surface area contributed by atoms with Gasteiger partial charge in [-0.25, -0.2) is 0 Å². The molecule has 2 heteroatoms. The fourth-order valence-corrected chi connectivity index (χ4v) is 3.69. The lowest BCUT2D eigenvalue weighted by atomic mass is 9.86. The van der Waals surface area contributed by atoms with Gasteiger partial charge in [-0.15, -0.1) is 0 Å². The lowest BCUT2D eigenvalue weighted by Crippen LogP contribution is -2.42. The first kappa shape index (κ1) is 10.0. The summed E-state index contributed by atoms with van der Waals surface area (Å²) in [7, 11) is 0. The van der Waals surface area contributed by atoms with Crippen LogP contribution in [-0.2, 0) is 4.79 Å². The van der Waals surface area contributed by atoms with Crippen molar-refractivity contribution in [3.8, 4) is 0 Å². The normalized spacial score (nSPS) is 44.0. The van der Waals surface area contributed by atoms with Crippen LogP contribution in [0.25, 0.3) is 0 Å². The van der Waals surface area contributed by atoms with E-state index in [4.69, 9.17) is 0 Å². The Labute approximate surface area is 86.5 Å². The monoisotopic (exact) mass is 195 g/mol. The van der Waals surface area contributed by atoms with Crippen molar-refractivity contribution in [2.45, 2.75) is 52.5 Å². The van der Waals surface area contributed by atoms with Gasteiger partial charge in [0.25, 0.3) is 0 Å². The van der Waals surface area contributed by atoms with Crippen molar-refractivity contribution >= 4 is 5.91 Å². The number of hydrogen-bond acceptors (Lipinski definition) is 1. The van der Waals surface area contributed by atoms with E-state index >= 15 is 0 Å². The van der Waals surface area contributed by atoms with Gasteiger partial charge in [0.2, 0.25) is 5.91 Å². The van der Waals surface area contributed by atoms with Crippen LogP contribution in [0.2, 0.25) is 0 Å². The largest absolute Gasteiger partial charge is 0.350 e. The molecule has 0 aliphatic heterocycles. The van der Waals surface area contributed by atoms with Crippen molar-refractivity contribution in [3.63, 3.8) is 0 Å². The summed E-state index contributed by atoms with van der Waals surface area (Å²) in [5.74, 6) is 1.62. The van der Waals surface area contributed by atoms with E-state index in [-0.39, 0.29) is 11.4 Å². The fraction of sp³-hybridized carbons (Fsp3) is 0.917. The molecular formula is C12H21NO. The van der Waals surface area contributed by atoms with Crippen LogP contribution in [-0.4, -0.2) is 11.4 Å². The van der Waals surface area contributed by atoms with E-state index in [9.17, 15) is 4.79 Å². The van der Waals surface area contributed by atoms with E-state index in [1.807, 2.05) is 0 Å². The maximum absolute atomic E-state index is 11.2. The Morgan fingerprint density at radius 1 is 1.36 bits per heavy atom. The predicted octanol–water partition coefficient (Wildman–Crippen LogP) is 2.34. The number of rotatable bonds is 1. The molecule has 0 aromatic heterocycles. The summed E-state index contributed by atoms with van der Waals surface area (Å²) in [6.45, 7) is 8.53. The average Bonchev–Trinajstić information content (AvgIpc) is 2.45. The molecule has 2 aliphatic carbocycles. The van der Waals surface area contributed by atoms with Crippen LogP contribution in [0.15, 0.2) is 0 Å². The Hall–Kier alpha value is -0.530. The van der Waals surface area contributed by atoms with E-state index in [0.717, 1.165) is 11.8 Å². The predicted molar refractivity (Wildman–Crippen MR) is 56.8 cm³/mol. The minimum atomic E-state index is 0.134. The van der Waals surface area contributed by atoms with Crippen molar-refractivity contribution in [1.82, 2.24) is 5.32 Å². The Morgan fingerprint density at radius 3 is 2.57 bits per heavy atom. The van der Waals surface area contributed by atoms with Crippen molar-refractivity contribution in [2.24, 2.45) is 17.3 Å². The summed E-state index contributed by atoms with van der Waals surface area (Å²) in [5.41, 5.74) is 0.458. The minimum Gasteiger partial charge on any atom is -0.350 e. The number of nitrogens with one attached hydrogen (secondary N) is 1. The maximum atomic E-state index is 11.2. The van der Waals surface area contributed by atoms with Crippen molar-refractivity contribution in [2.75, 3.05) is 0 Å². The van der Waals surface area contributed by atoms with E-state index in [0.29, 0.717) is 5.41 Å². The van der Waals surface area contributed by atoms with Gasteiger partial charge in [0.1, 0.15) is 0 Å². The molecule has 0 spiro atoms. The van der Waals surface area contributed by atoms with Crippen LogP contribution in [0.1, 0.15) is 47.0 Å². The third kappa shape index (κ3) is 1.12. The first-order chi connectivity index (χ1) is 6.40. The molecule has 14 heavy (non-hydrogen) atoms. The second-order valence-electron chi connectivity index (χ2n) is 5.81.